The van der Waals surface area contributed by atoms with Crippen LogP contribution in [0.3, 0.4) is 0 Å². The minimum Gasteiger partial charge on any atom is -0.368 e. The molecule has 2 bridgehead atoms. The van der Waals surface area contributed by atoms with Gasteiger partial charge < -0.3 is 15.1 Å². The summed E-state index contributed by atoms with van der Waals surface area (Å²) in [5.74, 6) is 1.65. The molecule has 0 unspecified atom stereocenters. The molecule has 30 heavy (non-hydrogen) atoms. The van der Waals surface area contributed by atoms with Gasteiger partial charge in [-0.15, -0.1) is 0 Å². The summed E-state index contributed by atoms with van der Waals surface area (Å²) in [6.45, 7) is 4.12. The molecule has 5 nitrogen and oxygen atoms in total. The molecule has 0 radical (unpaired) electrons. The zero-order valence-electron chi connectivity index (χ0n) is 16.3. The van der Waals surface area contributed by atoms with Gasteiger partial charge >= 0.3 is 0 Å². The fourth-order valence-corrected chi connectivity index (χ4v) is 5.28. The molecule has 1 saturated heterocycles. The average Bonchev–Trinajstić information content (AvgIpc) is 3.47. The lowest BCUT2D eigenvalue weighted by Gasteiger charge is -2.31. The van der Waals surface area contributed by atoms with Crippen LogP contribution in [0, 0.1) is 5.82 Å². The predicted molar refractivity (Wildman–Crippen MR) is 121 cm³/mol. The Hall–Kier alpha value is -2.44. The van der Waals surface area contributed by atoms with E-state index in [0.29, 0.717) is 17.1 Å². The summed E-state index contributed by atoms with van der Waals surface area (Å²) in [5.41, 5.74) is 3.95. The molecule has 0 atom stereocenters. The molecule has 1 fully saturated rings. The lowest BCUT2D eigenvalue weighted by molar-refractivity contribution is 0.625. The van der Waals surface area contributed by atoms with Crippen molar-refractivity contribution in [2.24, 2.45) is 0 Å². The van der Waals surface area contributed by atoms with E-state index in [1.807, 2.05) is 6.20 Å². The fourth-order valence-electron chi connectivity index (χ4n) is 4.79. The fraction of sp³-hybridized carbons (Fsp3) is 0.318. The van der Waals surface area contributed by atoms with Gasteiger partial charge in [0.25, 0.3) is 0 Å². The van der Waals surface area contributed by atoms with Crippen molar-refractivity contribution in [2.75, 3.05) is 41.3 Å². The number of nitrogens with zero attached hydrogens (tertiary/aromatic N) is 4. The molecule has 0 aliphatic carbocycles. The number of benzene rings is 1. The van der Waals surface area contributed by atoms with Crippen molar-refractivity contribution < 1.29 is 4.39 Å². The molecule has 1 aromatic carbocycles. The molecule has 0 amide bonds. The maximum atomic E-state index is 14.0. The highest BCUT2D eigenvalue weighted by atomic mass is 35.5. The third-order valence-electron chi connectivity index (χ3n) is 6.27. The van der Waals surface area contributed by atoms with Crippen LogP contribution < -0.4 is 15.1 Å². The number of fused-ring (bicyclic) bond motifs is 7. The summed E-state index contributed by atoms with van der Waals surface area (Å²) in [7, 11) is 0. The molecular weight excluding hydrogens is 424 g/mol. The zero-order chi connectivity index (χ0) is 20.4. The number of aromatic nitrogens is 2. The number of halogens is 3. The lowest BCUT2D eigenvalue weighted by atomic mass is 10.1. The zero-order valence-corrected chi connectivity index (χ0v) is 17.8. The third kappa shape index (κ3) is 2.63. The Kier molecular flexibility index (Phi) is 4.15. The monoisotopic (exact) mass is 443 g/mol. The number of hydrogen-bond acceptors (Lipinski definition) is 4. The molecule has 2 aliphatic rings. The van der Waals surface area contributed by atoms with E-state index in [-0.39, 0.29) is 5.02 Å². The quantitative estimate of drug-likeness (QED) is 0.429. The van der Waals surface area contributed by atoms with Crippen LogP contribution in [0.25, 0.3) is 16.4 Å². The Morgan fingerprint density at radius 1 is 1.07 bits per heavy atom. The first kappa shape index (κ1) is 18.3. The van der Waals surface area contributed by atoms with Gasteiger partial charge in [0.1, 0.15) is 11.6 Å². The standard InChI is InChI=1S/C22H20Cl2FN5/c23-15-3-4-16(25)20(24)14(15)12-29-8-5-26-22-18(29)10-17-13-9-19(30(17)22)21(27-11-13)28-6-1-2-7-28/h3-4,9-11,26H,1-2,5-8,12H2. The minimum absolute atomic E-state index is 0.0973. The van der Waals surface area contributed by atoms with E-state index in [4.69, 9.17) is 28.2 Å². The van der Waals surface area contributed by atoms with E-state index in [2.05, 4.69) is 31.7 Å². The maximum absolute atomic E-state index is 14.0. The van der Waals surface area contributed by atoms with Crippen molar-refractivity contribution in [1.29, 1.82) is 0 Å². The van der Waals surface area contributed by atoms with E-state index in [1.165, 1.54) is 18.9 Å². The van der Waals surface area contributed by atoms with Gasteiger partial charge in [0.05, 0.1) is 21.7 Å². The highest BCUT2D eigenvalue weighted by Gasteiger charge is 2.27. The molecule has 5 heterocycles. The summed E-state index contributed by atoms with van der Waals surface area (Å²) in [6.07, 6.45) is 4.38. The van der Waals surface area contributed by atoms with Crippen LogP contribution >= 0.6 is 23.2 Å². The average molecular weight is 444 g/mol. The van der Waals surface area contributed by atoms with Crippen LogP contribution in [-0.4, -0.2) is 35.6 Å². The van der Waals surface area contributed by atoms with Crippen molar-refractivity contribution in [3.05, 3.63) is 51.9 Å². The molecule has 3 aromatic heterocycles. The molecule has 0 saturated carbocycles. The number of pyridine rings is 1. The second-order valence-electron chi connectivity index (χ2n) is 8.03. The first-order chi connectivity index (χ1) is 14.6. The largest absolute Gasteiger partial charge is 0.368 e. The first-order valence-corrected chi connectivity index (χ1v) is 11.0. The summed E-state index contributed by atoms with van der Waals surface area (Å²) < 4.78 is 16.3. The smallest absolute Gasteiger partial charge is 0.152 e. The molecular formula is C22H20Cl2FN5. The van der Waals surface area contributed by atoms with E-state index < -0.39 is 5.82 Å². The van der Waals surface area contributed by atoms with Gasteiger partial charge in [-0.2, -0.15) is 0 Å². The summed E-state index contributed by atoms with van der Waals surface area (Å²) in [5, 5.41) is 5.26. The molecule has 8 heteroatoms. The van der Waals surface area contributed by atoms with E-state index in [0.717, 1.165) is 59.9 Å². The summed E-state index contributed by atoms with van der Waals surface area (Å²) in [6, 6.07) is 7.28. The van der Waals surface area contributed by atoms with Gasteiger partial charge in [0.2, 0.25) is 0 Å². The van der Waals surface area contributed by atoms with Crippen molar-refractivity contribution >= 4 is 56.9 Å². The Labute approximate surface area is 183 Å². The number of nitrogens with one attached hydrogen (secondary N) is 1. The second-order valence-corrected chi connectivity index (χ2v) is 8.81. The Morgan fingerprint density at radius 3 is 2.73 bits per heavy atom. The normalized spacial score (nSPS) is 16.6. The predicted octanol–water partition coefficient (Wildman–Crippen LogP) is 5.40. The maximum Gasteiger partial charge on any atom is 0.152 e. The van der Waals surface area contributed by atoms with Gasteiger partial charge in [-0.05, 0) is 37.1 Å². The SMILES string of the molecule is Fc1ccc(Cl)c(CN2CCNc3c2cc2c4cnc(N5CCCC5)c(c4)n32)c1Cl. The first-order valence-electron chi connectivity index (χ1n) is 10.2. The molecule has 4 aromatic rings. The summed E-state index contributed by atoms with van der Waals surface area (Å²) in [4.78, 5) is 9.35. The second kappa shape index (κ2) is 6.79. The van der Waals surface area contributed by atoms with E-state index in [9.17, 15) is 4.39 Å². The Morgan fingerprint density at radius 2 is 1.90 bits per heavy atom. The van der Waals surface area contributed by atoms with Crippen LogP contribution in [0.4, 0.5) is 21.7 Å². The van der Waals surface area contributed by atoms with Gasteiger partial charge in [0, 0.05) is 54.9 Å². The van der Waals surface area contributed by atoms with Crippen molar-refractivity contribution in [3.8, 4) is 0 Å². The van der Waals surface area contributed by atoms with Crippen LogP contribution in [0.15, 0.2) is 30.5 Å². The highest BCUT2D eigenvalue weighted by molar-refractivity contribution is 6.36. The van der Waals surface area contributed by atoms with Crippen molar-refractivity contribution in [1.82, 2.24) is 9.38 Å². The molecule has 0 spiro atoms. The van der Waals surface area contributed by atoms with E-state index >= 15 is 0 Å². The minimum atomic E-state index is -0.442. The Balaban J connectivity index is 1.47. The van der Waals surface area contributed by atoms with Gasteiger partial charge in [-0.3, -0.25) is 4.40 Å². The van der Waals surface area contributed by atoms with Crippen LogP contribution in [0.2, 0.25) is 10.0 Å². The lowest BCUT2D eigenvalue weighted by Crippen LogP contribution is -2.33. The number of rotatable bonds is 3. The van der Waals surface area contributed by atoms with Crippen molar-refractivity contribution in [2.45, 2.75) is 19.4 Å². The van der Waals surface area contributed by atoms with Crippen molar-refractivity contribution in [3.63, 3.8) is 0 Å². The third-order valence-corrected chi connectivity index (χ3v) is 7.04. The van der Waals surface area contributed by atoms with Crippen LogP contribution in [0.1, 0.15) is 18.4 Å². The Bertz CT molecular complexity index is 1260. The molecule has 1 N–H and O–H groups in total. The van der Waals surface area contributed by atoms with Gasteiger partial charge in [-0.25, -0.2) is 9.37 Å². The van der Waals surface area contributed by atoms with Gasteiger partial charge in [0.15, 0.2) is 5.82 Å². The van der Waals surface area contributed by atoms with Crippen LogP contribution in [-0.2, 0) is 6.54 Å². The molecule has 6 rings (SSSR count). The number of anilines is 3. The molecule has 154 valence electrons. The van der Waals surface area contributed by atoms with Gasteiger partial charge in [-0.1, -0.05) is 23.2 Å². The van der Waals surface area contributed by atoms with E-state index in [1.54, 1.807) is 6.07 Å². The number of hydrogen-bond donors (Lipinski definition) is 1. The highest BCUT2D eigenvalue weighted by Crippen LogP contribution is 2.41. The summed E-state index contributed by atoms with van der Waals surface area (Å²) >= 11 is 12.6. The molecule has 2 aliphatic heterocycles. The van der Waals surface area contributed by atoms with Crippen LogP contribution in [0.5, 0.6) is 0 Å². The topological polar surface area (TPSA) is 35.8 Å².